The lowest BCUT2D eigenvalue weighted by molar-refractivity contribution is 0.478. The lowest BCUT2D eigenvalue weighted by Gasteiger charge is -2.28. The van der Waals surface area contributed by atoms with Crippen LogP contribution in [-0.4, -0.2) is 54.9 Å². The van der Waals surface area contributed by atoms with Gasteiger partial charge in [0.2, 0.25) is 0 Å². The van der Waals surface area contributed by atoms with Gasteiger partial charge >= 0.3 is 0 Å². The lowest BCUT2D eigenvalue weighted by Crippen LogP contribution is -2.35. The maximum atomic E-state index is 4.86. The summed E-state index contributed by atoms with van der Waals surface area (Å²) < 4.78 is 0. The first-order valence-corrected chi connectivity index (χ1v) is 9.56. The van der Waals surface area contributed by atoms with Gasteiger partial charge in [0.25, 0.3) is 0 Å². The van der Waals surface area contributed by atoms with E-state index in [0.29, 0.717) is 6.04 Å². The van der Waals surface area contributed by atoms with Crippen LogP contribution < -0.4 is 15.5 Å². The molecule has 0 radical (unpaired) electrons. The molecule has 0 atom stereocenters. The van der Waals surface area contributed by atoms with Crippen molar-refractivity contribution in [3.63, 3.8) is 0 Å². The number of aliphatic imine (C=N–C) groups is 1. The van der Waals surface area contributed by atoms with E-state index in [9.17, 15) is 0 Å². The van der Waals surface area contributed by atoms with Crippen LogP contribution >= 0.6 is 0 Å². The van der Waals surface area contributed by atoms with Crippen molar-refractivity contribution in [2.75, 3.05) is 42.9 Å². The van der Waals surface area contributed by atoms with Crippen molar-refractivity contribution in [3.8, 4) is 0 Å². The van der Waals surface area contributed by atoms with Gasteiger partial charge in [-0.2, -0.15) is 0 Å². The van der Waals surface area contributed by atoms with E-state index >= 15 is 0 Å². The van der Waals surface area contributed by atoms with Crippen LogP contribution in [0.1, 0.15) is 19.3 Å². The van der Waals surface area contributed by atoms with E-state index in [1.165, 1.54) is 11.1 Å². The third-order valence-corrected chi connectivity index (χ3v) is 5.57. The number of nitrogens with zero attached hydrogens (tertiary/aromatic N) is 4. The summed E-state index contributed by atoms with van der Waals surface area (Å²) in [4.78, 5) is 16.4. The highest BCUT2D eigenvalue weighted by molar-refractivity contribution is 5.85. The van der Waals surface area contributed by atoms with Crippen molar-refractivity contribution < 1.29 is 0 Å². The highest BCUT2D eigenvalue weighted by Crippen LogP contribution is 2.26. The van der Waals surface area contributed by atoms with Gasteiger partial charge in [-0.05, 0) is 67.8 Å². The molecule has 2 aromatic rings. The average Bonchev–Trinajstić information content (AvgIpc) is 3.16. The molecule has 26 heavy (non-hydrogen) atoms. The first-order chi connectivity index (χ1) is 12.8. The summed E-state index contributed by atoms with van der Waals surface area (Å²) in [6, 6.07) is 8.85. The minimum absolute atomic E-state index is 0.511. The van der Waals surface area contributed by atoms with Crippen LogP contribution in [0.2, 0.25) is 0 Å². The molecule has 0 spiro atoms. The Labute approximate surface area is 153 Å². The van der Waals surface area contributed by atoms with Gasteiger partial charge in [-0.1, -0.05) is 0 Å². The van der Waals surface area contributed by atoms with Crippen molar-refractivity contribution >= 4 is 28.9 Å². The summed E-state index contributed by atoms with van der Waals surface area (Å²) in [7, 11) is 0. The minimum atomic E-state index is 0.511. The van der Waals surface area contributed by atoms with Gasteiger partial charge in [0.15, 0.2) is 0 Å². The number of fused-ring (bicyclic) bond motifs is 1. The first-order valence-electron chi connectivity index (χ1n) is 9.56. The summed E-state index contributed by atoms with van der Waals surface area (Å²) in [5, 5.41) is 6.96. The summed E-state index contributed by atoms with van der Waals surface area (Å²) >= 11 is 0. The molecule has 2 aromatic heterocycles. The van der Waals surface area contributed by atoms with Crippen molar-refractivity contribution in [2.45, 2.75) is 25.3 Å². The van der Waals surface area contributed by atoms with E-state index in [-0.39, 0.29) is 0 Å². The Morgan fingerprint density at radius 1 is 1.04 bits per heavy atom. The Morgan fingerprint density at radius 3 is 2.81 bits per heavy atom. The van der Waals surface area contributed by atoms with Crippen LogP contribution in [0, 0.1) is 0 Å². The van der Waals surface area contributed by atoms with Crippen LogP contribution in [0.15, 0.2) is 40.4 Å². The topological polar surface area (TPSA) is 65.4 Å². The first kappa shape index (κ1) is 15.8. The Balaban J connectivity index is 1.35. The van der Waals surface area contributed by atoms with Crippen LogP contribution in [-0.2, 0) is 0 Å². The number of piperidine rings is 1. The van der Waals surface area contributed by atoms with Gasteiger partial charge in [0.05, 0.1) is 17.6 Å². The normalized spacial score (nSPS) is 20.7. The second kappa shape index (κ2) is 6.68. The van der Waals surface area contributed by atoms with Gasteiger partial charge in [0.1, 0.15) is 11.6 Å². The lowest BCUT2D eigenvalue weighted by atomic mass is 10.0. The predicted octanol–water partition coefficient (Wildman–Crippen LogP) is 2.38. The Morgan fingerprint density at radius 2 is 1.88 bits per heavy atom. The molecule has 6 heteroatoms. The summed E-state index contributed by atoms with van der Waals surface area (Å²) in [6.45, 7) is 4.98. The molecule has 5 heterocycles. The zero-order valence-electron chi connectivity index (χ0n) is 14.9. The van der Waals surface area contributed by atoms with Gasteiger partial charge in [-0.25, -0.2) is 9.97 Å². The highest BCUT2D eigenvalue weighted by atomic mass is 15.2. The van der Waals surface area contributed by atoms with Crippen molar-refractivity contribution in [3.05, 3.63) is 35.4 Å². The monoisotopic (exact) mass is 348 g/mol. The van der Waals surface area contributed by atoms with Gasteiger partial charge < -0.3 is 15.5 Å². The van der Waals surface area contributed by atoms with Crippen LogP contribution in [0.3, 0.4) is 0 Å². The molecule has 0 aliphatic carbocycles. The van der Waals surface area contributed by atoms with Crippen molar-refractivity contribution in [1.82, 2.24) is 15.3 Å². The average molecular weight is 348 g/mol. The molecule has 6 nitrogen and oxygen atoms in total. The fourth-order valence-electron chi connectivity index (χ4n) is 4.03. The number of rotatable bonds is 3. The smallest absolute Gasteiger partial charge is 0.129 e. The van der Waals surface area contributed by atoms with E-state index in [1.807, 2.05) is 6.21 Å². The zero-order chi connectivity index (χ0) is 17.3. The van der Waals surface area contributed by atoms with Crippen LogP contribution in [0.25, 0.3) is 11.0 Å². The fraction of sp³-hybridized carbons (Fsp3) is 0.450. The van der Waals surface area contributed by atoms with Gasteiger partial charge in [0, 0.05) is 25.3 Å². The molecule has 0 amide bonds. The molecular weight excluding hydrogens is 324 g/mol. The maximum absolute atomic E-state index is 4.86. The number of pyridine rings is 2. The molecule has 3 aliphatic heterocycles. The van der Waals surface area contributed by atoms with Crippen LogP contribution in [0.5, 0.6) is 0 Å². The summed E-state index contributed by atoms with van der Waals surface area (Å²) in [5.41, 5.74) is 4.78. The third-order valence-electron chi connectivity index (χ3n) is 5.57. The number of hydrogen-bond acceptors (Lipinski definition) is 6. The largest absolute Gasteiger partial charge is 0.367 e. The molecule has 1 saturated heterocycles. The summed E-state index contributed by atoms with van der Waals surface area (Å²) in [5.74, 6) is 1.99. The zero-order valence-corrected chi connectivity index (χ0v) is 14.9. The summed E-state index contributed by atoms with van der Waals surface area (Å²) in [6.07, 6.45) is 5.41. The molecule has 0 aromatic carbocycles. The fourth-order valence-corrected chi connectivity index (χ4v) is 4.03. The molecule has 0 saturated carbocycles. The molecule has 1 fully saturated rings. The van der Waals surface area contributed by atoms with E-state index in [2.05, 4.69) is 44.8 Å². The number of anilines is 2. The van der Waals surface area contributed by atoms with E-state index < -0.39 is 0 Å². The highest BCUT2D eigenvalue weighted by Gasteiger charge is 2.21. The standard InChI is InChI=1S/C20H24N6/c1-3-19(23-16-5-8-21-9-6-16)24-17-2-4-20(25-18(1)17)26-10-7-14-11-22-12-15(14)13-26/h1-4,12,16,21H,5-11,13H2,(H,23,24). The molecule has 134 valence electrons. The number of aromatic nitrogens is 2. The molecule has 0 unspecified atom stereocenters. The van der Waals surface area contributed by atoms with E-state index in [4.69, 9.17) is 9.97 Å². The van der Waals surface area contributed by atoms with E-state index in [0.717, 1.165) is 74.7 Å². The second-order valence-electron chi connectivity index (χ2n) is 7.34. The predicted molar refractivity (Wildman–Crippen MR) is 106 cm³/mol. The Bertz CT molecular complexity index is 881. The number of nitrogens with one attached hydrogen (secondary N) is 2. The molecule has 2 N–H and O–H groups in total. The molecule has 5 rings (SSSR count). The van der Waals surface area contributed by atoms with Crippen molar-refractivity contribution in [1.29, 1.82) is 0 Å². The molecule has 3 aliphatic rings. The quantitative estimate of drug-likeness (QED) is 0.892. The van der Waals surface area contributed by atoms with Gasteiger partial charge in [-0.15, -0.1) is 0 Å². The Hall–Kier alpha value is -2.47. The molecule has 0 bridgehead atoms. The van der Waals surface area contributed by atoms with E-state index in [1.54, 1.807) is 0 Å². The minimum Gasteiger partial charge on any atom is -0.367 e. The number of hydrogen-bond donors (Lipinski definition) is 2. The maximum Gasteiger partial charge on any atom is 0.129 e. The Kier molecular flexibility index (Phi) is 4.05. The third kappa shape index (κ3) is 3.05. The van der Waals surface area contributed by atoms with Crippen molar-refractivity contribution in [2.24, 2.45) is 4.99 Å². The SMILES string of the molecule is C1=NCC2=C1CN(c1ccc3nc(NC4CCNCC4)ccc3n1)CC2. The van der Waals surface area contributed by atoms with Crippen LogP contribution in [0.4, 0.5) is 11.6 Å². The molecular formula is C20H24N6. The second-order valence-corrected chi connectivity index (χ2v) is 7.34. The van der Waals surface area contributed by atoms with Gasteiger partial charge in [-0.3, -0.25) is 4.99 Å².